The minimum absolute atomic E-state index is 0.0740. The lowest BCUT2D eigenvalue weighted by molar-refractivity contribution is 0.103. The SMILES string of the molecule is CCCONc1cc(F)c(F)c(C(=O)c2ccc3ncc(-n4cncc4C)nc3c2)c1F. The van der Waals surface area contributed by atoms with Crippen LogP contribution >= 0.6 is 0 Å². The average molecular weight is 441 g/mol. The molecule has 0 saturated heterocycles. The van der Waals surface area contributed by atoms with E-state index in [-0.39, 0.29) is 12.2 Å². The first kappa shape index (κ1) is 21.4. The predicted octanol–water partition coefficient (Wildman–Crippen LogP) is 4.53. The number of fused-ring (bicyclic) bond motifs is 1. The summed E-state index contributed by atoms with van der Waals surface area (Å²) in [5, 5.41) is 0. The molecule has 0 bridgehead atoms. The van der Waals surface area contributed by atoms with E-state index in [2.05, 4.69) is 20.4 Å². The Kier molecular flexibility index (Phi) is 5.87. The van der Waals surface area contributed by atoms with Crippen molar-refractivity contribution in [1.82, 2.24) is 19.5 Å². The van der Waals surface area contributed by atoms with Crippen molar-refractivity contribution in [3.05, 3.63) is 77.3 Å². The number of nitrogens with one attached hydrogen (secondary N) is 1. The quantitative estimate of drug-likeness (QED) is 0.197. The van der Waals surface area contributed by atoms with Gasteiger partial charge in [0.2, 0.25) is 0 Å². The molecule has 10 heteroatoms. The molecule has 0 aliphatic carbocycles. The third-order valence-corrected chi connectivity index (χ3v) is 4.73. The van der Waals surface area contributed by atoms with Crippen molar-refractivity contribution in [1.29, 1.82) is 0 Å². The topological polar surface area (TPSA) is 81.9 Å². The Morgan fingerprint density at radius 2 is 1.94 bits per heavy atom. The molecular weight excluding hydrogens is 423 g/mol. The summed E-state index contributed by atoms with van der Waals surface area (Å²) >= 11 is 0. The Morgan fingerprint density at radius 1 is 1.12 bits per heavy atom. The van der Waals surface area contributed by atoms with E-state index in [4.69, 9.17) is 4.84 Å². The van der Waals surface area contributed by atoms with Crippen LogP contribution in [0.2, 0.25) is 0 Å². The predicted molar refractivity (Wildman–Crippen MR) is 111 cm³/mol. The van der Waals surface area contributed by atoms with Crippen LogP contribution in [-0.2, 0) is 4.84 Å². The van der Waals surface area contributed by atoms with Gasteiger partial charge in [0.25, 0.3) is 0 Å². The Labute approximate surface area is 180 Å². The van der Waals surface area contributed by atoms with E-state index in [0.717, 1.165) is 5.69 Å². The molecule has 4 rings (SSSR count). The van der Waals surface area contributed by atoms with Gasteiger partial charge >= 0.3 is 0 Å². The van der Waals surface area contributed by atoms with E-state index in [9.17, 15) is 18.0 Å². The Morgan fingerprint density at radius 3 is 2.66 bits per heavy atom. The molecule has 0 aliphatic rings. The molecule has 2 heterocycles. The second kappa shape index (κ2) is 8.75. The van der Waals surface area contributed by atoms with Crippen LogP contribution in [0.1, 0.15) is 35.0 Å². The molecule has 0 fully saturated rings. The number of aromatic nitrogens is 4. The lowest BCUT2D eigenvalue weighted by atomic mass is 10.0. The molecular formula is C22H18F3N5O2. The summed E-state index contributed by atoms with van der Waals surface area (Å²) in [6.07, 6.45) is 5.37. The first-order chi connectivity index (χ1) is 15.4. The van der Waals surface area contributed by atoms with Gasteiger partial charge < -0.3 is 0 Å². The van der Waals surface area contributed by atoms with Crippen molar-refractivity contribution in [2.24, 2.45) is 0 Å². The number of carbonyl (C=O) groups is 1. The zero-order valence-electron chi connectivity index (χ0n) is 17.2. The molecule has 2 aromatic carbocycles. The Bertz CT molecular complexity index is 1320. The number of anilines is 1. The molecule has 0 aliphatic heterocycles. The number of halogens is 3. The first-order valence-electron chi connectivity index (χ1n) is 9.76. The fourth-order valence-corrected chi connectivity index (χ4v) is 3.11. The highest BCUT2D eigenvalue weighted by atomic mass is 19.2. The molecule has 2 aromatic heterocycles. The number of benzene rings is 2. The van der Waals surface area contributed by atoms with Crippen molar-refractivity contribution < 1.29 is 22.8 Å². The van der Waals surface area contributed by atoms with Crippen molar-refractivity contribution in [2.75, 3.05) is 12.1 Å². The van der Waals surface area contributed by atoms with Crippen LogP contribution in [0.5, 0.6) is 0 Å². The monoisotopic (exact) mass is 441 g/mol. The van der Waals surface area contributed by atoms with Crippen LogP contribution in [-0.4, -0.2) is 31.9 Å². The zero-order chi connectivity index (χ0) is 22.8. The van der Waals surface area contributed by atoms with Gasteiger partial charge in [0, 0.05) is 23.5 Å². The number of hydrogen-bond acceptors (Lipinski definition) is 6. The summed E-state index contributed by atoms with van der Waals surface area (Å²) < 4.78 is 45.1. The summed E-state index contributed by atoms with van der Waals surface area (Å²) in [6.45, 7) is 3.87. The molecule has 1 N–H and O–H groups in total. The van der Waals surface area contributed by atoms with Crippen LogP contribution < -0.4 is 5.48 Å². The van der Waals surface area contributed by atoms with E-state index in [1.54, 1.807) is 23.3 Å². The fourth-order valence-electron chi connectivity index (χ4n) is 3.11. The highest BCUT2D eigenvalue weighted by Crippen LogP contribution is 2.27. The summed E-state index contributed by atoms with van der Waals surface area (Å²) in [7, 11) is 0. The number of rotatable bonds is 7. The summed E-state index contributed by atoms with van der Waals surface area (Å²) in [5.74, 6) is -4.79. The van der Waals surface area contributed by atoms with Crippen LogP contribution in [0.15, 0.2) is 43.0 Å². The maximum Gasteiger partial charge on any atom is 0.199 e. The highest BCUT2D eigenvalue weighted by Gasteiger charge is 2.26. The van der Waals surface area contributed by atoms with Crippen LogP contribution in [0.3, 0.4) is 0 Å². The number of hydrogen-bond donors (Lipinski definition) is 1. The summed E-state index contributed by atoms with van der Waals surface area (Å²) in [4.78, 5) is 30.7. The number of imidazole rings is 1. The van der Waals surface area contributed by atoms with Gasteiger partial charge in [-0.3, -0.25) is 24.7 Å². The smallest absolute Gasteiger partial charge is 0.199 e. The van der Waals surface area contributed by atoms with Crippen molar-refractivity contribution in [3.8, 4) is 5.82 Å². The average Bonchev–Trinajstić information content (AvgIpc) is 3.22. The Hall–Kier alpha value is -3.79. The Balaban J connectivity index is 1.75. The van der Waals surface area contributed by atoms with E-state index in [1.165, 1.54) is 18.2 Å². The fraction of sp³-hybridized carbons (Fsp3) is 0.182. The normalized spacial score (nSPS) is 11.2. The maximum absolute atomic E-state index is 14.9. The lowest BCUT2D eigenvalue weighted by Gasteiger charge is -2.12. The first-order valence-corrected chi connectivity index (χ1v) is 9.76. The third kappa shape index (κ3) is 3.92. The molecule has 0 amide bonds. The molecule has 0 atom stereocenters. The van der Waals surface area contributed by atoms with E-state index < -0.39 is 34.5 Å². The molecule has 4 aromatic rings. The number of carbonyl (C=O) groups excluding carboxylic acids is 1. The van der Waals surface area contributed by atoms with Gasteiger partial charge in [-0.1, -0.05) is 6.92 Å². The largest absolute Gasteiger partial charge is 0.288 e. The second-order valence-corrected chi connectivity index (χ2v) is 7.03. The number of ketones is 1. The molecule has 0 radical (unpaired) electrons. The van der Waals surface area contributed by atoms with Gasteiger partial charge in [0.1, 0.15) is 12.0 Å². The molecule has 32 heavy (non-hydrogen) atoms. The van der Waals surface area contributed by atoms with Gasteiger partial charge in [0.05, 0.1) is 29.4 Å². The van der Waals surface area contributed by atoms with Crippen LogP contribution in [0.4, 0.5) is 18.9 Å². The van der Waals surface area contributed by atoms with Crippen LogP contribution in [0.25, 0.3) is 16.9 Å². The summed E-state index contributed by atoms with van der Waals surface area (Å²) in [6, 6.07) is 4.80. The van der Waals surface area contributed by atoms with Crippen molar-refractivity contribution >= 4 is 22.5 Å². The molecule has 0 spiro atoms. The van der Waals surface area contributed by atoms with Gasteiger partial charge in [0.15, 0.2) is 29.1 Å². The highest BCUT2D eigenvalue weighted by molar-refractivity contribution is 6.11. The molecule has 164 valence electrons. The van der Waals surface area contributed by atoms with Crippen LogP contribution in [0, 0.1) is 24.4 Å². The third-order valence-electron chi connectivity index (χ3n) is 4.73. The minimum Gasteiger partial charge on any atom is -0.288 e. The van der Waals surface area contributed by atoms with E-state index in [0.29, 0.717) is 29.3 Å². The van der Waals surface area contributed by atoms with Gasteiger partial charge in [-0.05, 0) is 31.5 Å². The van der Waals surface area contributed by atoms with Crippen molar-refractivity contribution in [2.45, 2.75) is 20.3 Å². The van der Waals surface area contributed by atoms with Gasteiger partial charge in [-0.2, -0.15) is 0 Å². The van der Waals surface area contributed by atoms with Gasteiger partial charge in [-0.15, -0.1) is 0 Å². The van der Waals surface area contributed by atoms with Crippen molar-refractivity contribution in [3.63, 3.8) is 0 Å². The van der Waals surface area contributed by atoms with E-state index >= 15 is 0 Å². The summed E-state index contributed by atoms with van der Waals surface area (Å²) in [5.41, 5.74) is 2.26. The number of nitrogens with zero attached hydrogens (tertiary/aromatic N) is 4. The molecule has 0 saturated carbocycles. The van der Waals surface area contributed by atoms with Gasteiger partial charge in [-0.25, -0.2) is 23.1 Å². The zero-order valence-corrected chi connectivity index (χ0v) is 17.2. The molecule has 0 unspecified atom stereocenters. The molecule has 7 nitrogen and oxygen atoms in total. The number of aryl methyl sites for hydroxylation is 1. The maximum atomic E-state index is 14.9. The minimum atomic E-state index is -1.58. The van der Waals surface area contributed by atoms with E-state index in [1.807, 2.05) is 13.8 Å². The lowest BCUT2D eigenvalue weighted by Crippen LogP contribution is -2.13. The second-order valence-electron chi connectivity index (χ2n) is 7.03. The standard InChI is InChI=1S/C22H18F3N5O2/c1-3-6-32-29-17-8-14(23)20(24)19(21(17)25)22(31)13-4-5-15-16(7-13)28-18(10-27-15)30-11-26-9-12(30)2/h4-5,7-11,29H,3,6H2,1-2H3.